The highest BCUT2D eigenvalue weighted by Gasteiger charge is 2.34. The van der Waals surface area contributed by atoms with Gasteiger partial charge in [-0.2, -0.15) is 0 Å². The van der Waals surface area contributed by atoms with Gasteiger partial charge >= 0.3 is 0 Å². The molecule has 5 heteroatoms. The van der Waals surface area contributed by atoms with Gasteiger partial charge in [0.2, 0.25) is 0 Å². The third-order valence-electron chi connectivity index (χ3n) is 5.27. The quantitative estimate of drug-likeness (QED) is 0.822. The number of methoxy groups -OCH3 is 2. The molecule has 1 amide bonds. The summed E-state index contributed by atoms with van der Waals surface area (Å²) in [4.78, 5) is 17.5. The summed E-state index contributed by atoms with van der Waals surface area (Å²) in [5.74, 6) is 1.77. The highest BCUT2D eigenvalue weighted by atomic mass is 32.1. The fourth-order valence-corrected chi connectivity index (χ4v) is 5.22. The van der Waals surface area contributed by atoms with Crippen LogP contribution in [0.15, 0.2) is 24.3 Å². The monoisotopic (exact) mass is 357 g/mol. The summed E-state index contributed by atoms with van der Waals surface area (Å²) in [5.41, 5.74) is 2.42. The van der Waals surface area contributed by atoms with E-state index in [2.05, 4.69) is 6.07 Å². The molecule has 4 rings (SSSR count). The number of thiophene rings is 1. The van der Waals surface area contributed by atoms with Crippen molar-refractivity contribution in [3.8, 4) is 11.5 Å². The molecule has 132 valence electrons. The van der Waals surface area contributed by atoms with Crippen molar-refractivity contribution >= 4 is 17.2 Å². The van der Waals surface area contributed by atoms with Crippen LogP contribution in [-0.4, -0.2) is 31.6 Å². The van der Waals surface area contributed by atoms with Gasteiger partial charge in [0.1, 0.15) is 11.5 Å². The van der Waals surface area contributed by atoms with E-state index in [0.717, 1.165) is 54.2 Å². The molecule has 4 nitrogen and oxygen atoms in total. The molecule has 0 spiro atoms. The van der Waals surface area contributed by atoms with Crippen LogP contribution in [0.2, 0.25) is 0 Å². The number of carbonyl (C=O) groups is 1. The number of likely N-dealkylation sites (tertiary alicyclic amines) is 1. The number of carbonyl (C=O) groups excluding carboxylic acids is 1. The number of fused-ring (bicyclic) bond motifs is 1. The molecule has 1 saturated heterocycles. The Kier molecular flexibility index (Phi) is 4.42. The number of ether oxygens (including phenoxy) is 2. The summed E-state index contributed by atoms with van der Waals surface area (Å²) in [6, 6.07) is 7.99. The average molecular weight is 357 g/mol. The first-order valence-electron chi connectivity index (χ1n) is 8.85. The Morgan fingerprint density at radius 3 is 2.80 bits per heavy atom. The van der Waals surface area contributed by atoms with E-state index in [0.29, 0.717) is 0 Å². The van der Waals surface area contributed by atoms with Gasteiger partial charge in [-0.1, -0.05) is 0 Å². The van der Waals surface area contributed by atoms with Crippen LogP contribution >= 0.6 is 11.3 Å². The maximum absolute atomic E-state index is 13.2. The number of amides is 1. The minimum atomic E-state index is 0.0505. The topological polar surface area (TPSA) is 38.8 Å². The molecule has 1 unspecified atom stereocenters. The van der Waals surface area contributed by atoms with E-state index in [1.54, 1.807) is 25.6 Å². The molecule has 2 aromatic rings. The van der Waals surface area contributed by atoms with E-state index in [9.17, 15) is 4.79 Å². The van der Waals surface area contributed by atoms with Gasteiger partial charge < -0.3 is 14.4 Å². The van der Waals surface area contributed by atoms with Gasteiger partial charge in [0.25, 0.3) is 5.91 Å². The molecule has 0 saturated carbocycles. The second-order valence-corrected chi connectivity index (χ2v) is 7.81. The first-order chi connectivity index (χ1) is 12.2. The number of nitrogens with zero attached hydrogens (tertiary/aromatic N) is 1. The molecule has 0 bridgehead atoms. The first-order valence-corrected chi connectivity index (χ1v) is 9.67. The molecule has 0 N–H and O–H groups in total. The van der Waals surface area contributed by atoms with Crippen molar-refractivity contribution in [2.24, 2.45) is 0 Å². The van der Waals surface area contributed by atoms with E-state index < -0.39 is 0 Å². The Morgan fingerprint density at radius 2 is 2.04 bits per heavy atom. The van der Waals surface area contributed by atoms with E-state index >= 15 is 0 Å². The predicted molar refractivity (Wildman–Crippen MR) is 98.9 cm³/mol. The van der Waals surface area contributed by atoms with Crippen molar-refractivity contribution in [1.29, 1.82) is 0 Å². The number of hydrogen-bond donors (Lipinski definition) is 0. The number of benzene rings is 1. The maximum atomic E-state index is 13.2. The van der Waals surface area contributed by atoms with Crippen LogP contribution in [0.3, 0.4) is 0 Å². The summed E-state index contributed by atoms with van der Waals surface area (Å²) in [6.45, 7) is 0.798. The van der Waals surface area contributed by atoms with Crippen molar-refractivity contribution < 1.29 is 14.3 Å². The number of hydrogen-bond acceptors (Lipinski definition) is 4. The molecule has 1 aliphatic carbocycles. The van der Waals surface area contributed by atoms with E-state index in [1.165, 1.54) is 16.9 Å². The highest BCUT2D eigenvalue weighted by molar-refractivity contribution is 7.14. The van der Waals surface area contributed by atoms with E-state index in [-0.39, 0.29) is 11.9 Å². The standard InChI is InChI=1S/C20H23NO3S/c1-23-14-8-9-17(24-2)15(12-14)16-6-4-10-21(16)20(22)19-11-13-5-3-7-18(13)25-19/h8-9,11-12,16H,3-7,10H2,1-2H3. The Balaban J connectivity index is 1.65. The summed E-state index contributed by atoms with van der Waals surface area (Å²) in [6.07, 6.45) is 5.44. The third-order valence-corrected chi connectivity index (χ3v) is 6.49. The van der Waals surface area contributed by atoms with Crippen LogP contribution in [0.4, 0.5) is 0 Å². The third kappa shape index (κ3) is 2.91. The largest absolute Gasteiger partial charge is 0.497 e. The second-order valence-electron chi connectivity index (χ2n) is 6.68. The lowest BCUT2D eigenvalue weighted by Crippen LogP contribution is -2.30. The van der Waals surface area contributed by atoms with Crippen molar-refractivity contribution in [2.45, 2.75) is 38.1 Å². The van der Waals surface area contributed by atoms with Gasteiger partial charge in [-0.05, 0) is 61.9 Å². The van der Waals surface area contributed by atoms with Crippen LogP contribution in [-0.2, 0) is 12.8 Å². The molecule has 25 heavy (non-hydrogen) atoms. The number of aryl methyl sites for hydroxylation is 2. The SMILES string of the molecule is COc1ccc(OC)c(C2CCCN2C(=O)c2cc3c(s2)CCC3)c1. The van der Waals surface area contributed by atoms with Crippen molar-refractivity contribution in [3.05, 3.63) is 45.1 Å². The van der Waals surface area contributed by atoms with Crippen LogP contribution < -0.4 is 9.47 Å². The lowest BCUT2D eigenvalue weighted by atomic mass is 10.0. The number of rotatable bonds is 4. The van der Waals surface area contributed by atoms with Crippen LogP contribution in [0.1, 0.15) is 51.0 Å². The molecule has 0 radical (unpaired) electrons. The zero-order valence-electron chi connectivity index (χ0n) is 14.7. The van der Waals surface area contributed by atoms with Crippen LogP contribution in [0.5, 0.6) is 11.5 Å². The van der Waals surface area contributed by atoms with Crippen molar-refractivity contribution in [3.63, 3.8) is 0 Å². The normalized spacial score (nSPS) is 19.1. The molecule has 1 aliphatic heterocycles. The second kappa shape index (κ2) is 6.71. The Labute approximate surface area is 152 Å². The molecule has 1 atom stereocenters. The maximum Gasteiger partial charge on any atom is 0.264 e. The zero-order valence-corrected chi connectivity index (χ0v) is 15.5. The van der Waals surface area contributed by atoms with Crippen molar-refractivity contribution in [1.82, 2.24) is 4.90 Å². The lowest BCUT2D eigenvalue weighted by molar-refractivity contribution is 0.0739. The lowest BCUT2D eigenvalue weighted by Gasteiger charge is -2.26. The minimum Gasteiger partial charge on any atom is -0.497 e. The smallest absolute Gasteiger partial charge is 0.264 e. The summed E-state index contributed by atoms with van der Waals surface area (Å²) in [7, 11) is 3.34. The Morgan fingerprint density at radius 1 is 1.16 bits per heavy atom. The summed E-state index contributed by atoms with van der Waals surface area (Å²) < 4.78 is 10.9. The first kappa shape index (κ1) is 16.5. The molecule has 1 aromatic carbocycles. The van der Waals surface area contributed by atoms with Gasteiger partial charge in [0, 0.05) is 17.0 Å². The van der Waals surface area contributed by atoms with Gasteiger partial charge in [-0.15, -0.1) is 11.3 Å². The summed E-state index contributed by atoms with van der Waals surface area (Å²) >= 11 is 1.68. The van der Waals surface area contributed by atoms with Crippen LogP contribution in [0.25, 0.3) is 0 Å². The van der Waals surface area contributed by atoms with Gasteiger partial charge in [0.05, 0.1) is 25.1 Å². The highest BCUT2D eigenvalue weighted by Crippen LogP contribution is 2.41. The fourth-order valence-electron chi connectivity index (χ4n) is 4.01. The molecule has 2 aliphatic rings. The molecular weight excluding hydrogens is 334 g/mol. The van der Waals surface area contributed by atoms with Gasteiger partial charge in [0.15, 0.2) is 0 Å². The molecular formula is C20H23NO3S. The zero-order chi connectivity index (χ0) is 17.4. The van der Waals surface area contributed by atoms with Crippen LogP contribution in [0, 0.1) is 0 Å². The van der Waals surface area contributed by atoms with Crippen molar-refractivity contribution in [2.75, 3.05) is 20.8 Å². The Hall–Kier alpha value is -2.01. The van der Waals surface area contributed by atoms with E-state index in [1.807, 2.05) is 23.1 Å². The predicted octanol–water partition coefficient (Wildman–Crippen LogP) is 4.23. The fraction of sp³-hybridized carbons (Fsp3) is 0.450. The minimum absolute atomic E-state index is 0.0505. The molecule has 1 aromatic heterocycles. The summed E-state index contributed by atoms with van der Waals surface area (Å²) in [5, 5.41) is 0. The van der Waals surface area contributed by atoms with Gasteiger partial charge in [-0.25, -0.2) is 0 Å². The molecule has 2 heterocycles. The molecule has 1 fully saturated rings. The van der Waals surface area contributed by atoms with E-state index in [4.69, 9.17) is 9.47 Å². The Bertz CT molecular complexity index is 777. The van der Waals surface area contributed by atoms with Gasteiger partial charge in [-0.3, -0.25) is 4.79 Å². The average Bonchev–Trinajstić information content (AvgIpc) is 3.35.